The van der Waals surface area contributed by atoms with E-state index in [1.807, 2.05) is 35.7 Å². The molecule has 0 radical (unpaired) electrons. The SMILES string of the molecule is N#Cc1cccc(NC(=O)Cc2csc(-c3ccccc3Cl)n2)c1. The van der Waals surface area contributed by atoms with E-state index in [0.717, 1.165) is 10.6 Å². The van der Waals surface area contributed by atoms with Gasteiger partial charge in [0, 0.05) is 16.6 Å². The van der Waals surface area contributed by atoms with Gasteiger partial charge in [-0.2, -0.15) is 5.26 Å². The normalized spacial score (nSPS) is 10.2. The lowest BCUT2D eigenvalue weighted by atomic mass is 10.2. The Balaban J connectivity index is 1.69. The van der Waals surface area contributed by atoms with Gasteiger partial charge in [0.15, 0.2) is 0 Å². The molecule has 0 aliphatic heterocycles. The van der Waals surface area contributed by atoms with Crippen molar-refractivity contribution < 1.29 is 4.79 Å². The summed E-state index contributed by atoms with van der Waals surface area (Å²) in [6.45, 7) is 0. The molecule has 2 aromatic carbocycles. The molecule has 0 aliphatic carbocycles. The standard InChI is InChI=1S/C18H12ClN3OS/c19-16-7-2-1-6-15(16)18-22-14(11-24-18)9-17(23)21-13-5-3-4-12(8-13)10-20/h1-8,11H,9H2,(H,21,23). The third-order valence-electron chi connectivity index (χ3n) is 3.27. The Kier molecular flexibility index (Phi) is 4.90. The molecule has 6 heteroatoms. The lowest BCUT2D eigenvalue weighted by Crippen LogP contribution is -2.14. The van der Waals surface area contributed by atoms with E-state index >= 15 is 0 Å². The van der Waals surface area contributed by atoms with Crippen molar-refractivity contribution in [3.63, 3.8) is 0 Å². The van der Waals surface area contributed by atoms with E-state index < -0.39 is 0 Å². The summed E-state index contributed by atoms with van der Waals surface area (Å²) in [5.41, 5.74) is 2.64. The van der Waals surface area contributed by atoms with Crippen molar-refractivity contribution in [1.82, 2.24) is 4.98 Å². The maximum Gasteiger partial charge on any atom is 0.230 e. The lowest BCUT2D eigenvalue weighted by Gasteiger charge is -2.04. The highest BCUT2D eigenvalue weighted by atomic mass is 35.5. The zero-order chi connectivity index (χ0) is 16.9. The van der Waals surface area contributed by atoms with Gasteiger partial charge in [-0.1, -0.05) is 35.9 Å². The van der Waals surface area contributed by atoms with Crippen molar-refractivity contribution in [2.24, 2.45) is 0 Å². The number of nitrogens with zero attached hydrogens (tertiary/aromatic N) is 2. The maximum atomic E-state index is 12.1. The number of halogens is 1. The fourth-order valence-electron chi connectivity index (χ4n) is 2.18. The fraction of sp³-hybridized carbons (Fsp3) is 0.0556. The minimum Gasteiger partial charge on any atom is -0.326 e. The molecular weight excluding hydrogens is 342 g/mol. The van der Waals surface area contributed by atoms with Crippen LogP contribution in [0.1, 0.15) is 11.3 Å². The van der Waals surface area contributed by atoms with Crippen molar-refractivity contribution in [3.05, 3.63) is 70.2 Å². The van der Waals surface area contributed by atoms with Gasteiger partial charge in [-0.3, -0.25) is 4.79 Å². The van der Waals surface area contributed by atoms with Crippen LogP contribution in [0.15, 0.2) is 53.9 Å². The minimum absolute atomic E-state index is 0.164. The van der Waals surface area contributed by atoms with Gasteiger partial charge in [0.25, 0.3) is 0 Å². The summed E-state index contributed by atoms with van der Waals surface area (Å²) in [5, 5.41) is 14.9. The first kappa shape index (κ1) is 16.2. The van der Waals surface area contributed by atoms with Gasteiger partial charge >= 0.3 is 0 Å². The van der Waals surface area contributed by atoms with Gasteiger partial charge in [-0.25, -0.2) is 4.98 Å². The fourth-order valence-corrected chi connectivity index (χ4v) is 3.32. The van der Waals surface area contributed by atoms with Crippen LogP contribution in [0.3, 0.4) is 0 Å². The van der Waals surface area contributed by atoms with E-state index in [0.29, 0.717) is 22.0 Å². The smallest absolute Gasteiger partial charge is 0.230 e. The molecule has 0 saturated heterocycles. The molecule has 1 amide bonds. The Bertz CT molecular complexity index is 930. The number of aromatic nitrogens is 1. The largest absolute Gasteiger partial charge is 0.326 e. The maximum absolute atomic E-state index is 12.1. The number of carbonyl (C=O) groups is 1. The molecule has 0 aliphatic rings. The van der Waals surface area contributed by atoms with Crippen LogP contribution in [0.4, 0.5) is 5.69 Å². The van der Waals surface area contributed by atoms with Crippen molar-refractivity contribution in [2.45, 2.75) is 6.42 Å². The minimum atomic E-state index is -0.180. The molecule has 1 N–H and O–H groups in total. The number of nitriles is 1. The molecule has 3 aromatic rings. The first-order valence-electron chi connectivity index (χ1n) is 7.15. The zero-order valence-corrected chi connectivity index (χ0v) is 14.1. The van der Waals surface area contributed by atoms with Gasteiger partial charge in [-0.05, 0) is 24.3 Å². The van der Waals surface area contributed by atoms with Crippen LogP contribution >= 0.6 is 22.9 Å². The Morgan fingerprint density at radius 1 is 1.25 bits per heavy atom. The van der Waals surface area contributed by atoms with Crippen LogP contribution in [0.2, 0.25) is 5.02 Å². The van der Waals surface area contributed by atoms with E-state index in [1.165, 1.54) is 11.3 Å². The van der Waals surface area contributed by atoms with Gasteiger partial charge < -0.3 is 5.32 Å². The van der Waals surface area contributed by atoms with Crippen LogP contribution in [0, 0.1) is 11.3 Å². The number of rotatable bonds is 4. The predicted octanol–water partition coefficient (Wildman–Crippen LogP) is 4.52. The molecule has 1 heterocycles. The molecule has 0 unspecified atom stereocenters. The predicted molar refractivity (Wildman–Crippen MR) is 96.1 cm³/mol. The lowest BCUT2D eigenvalue weighted by molar-refractivity contribution is -0.115. The van der Waals surface area contributed by atoms with Crippen LogP contribution in [-0.2, 0) is 11.2 Å². The Hall–Kier alpha value is -2.68. The van der Waals surface area contributed by atoms with E-state index in [2.05, 4.69) is 10.3 Å². The molecule has 0 fully saturated rings. The van der Waals surface area contributed by atoms with Crippen molar-refractivity contribution in [2.75, 3.05) is 5.32 Å². The van der Waals surface area contributed by atoms with Crippen molar-refractivity contribution >= 4 is 34.5 Å². The third kappa shape index (κ3) is 3.80. The molecule has 0 bridgehead atoms. The molecule has 118 valence electrons. The second-order valence-electron chi connectivity index (χ2n) is 5.04. The average molecular weight is 354 g/mol. The van der Waals surface area contributed by atoms with Crippen LogP contribution in [0.5, 0.6) is 0 Å². The summed E-state index contributed by atoms with van der Waals surface area (Å²) in [5.74, 6) is -0.180. The molecule has 24 heavy (non-hydrogen) atoms. The summed E-state index contributed by atoms with van der Waals surface area (Å²) in [6.07, 6.45) is 0.164. The molecule has 1 aromatic heterocycles. The first-order valence-corrected chi connectivity index (χ1v) is 8.41. The molecule has 4 nitrogen and oxygen atoms in total. The molecule has 0 saturated carbocycles. The van der Waals surface area contributed by atoms with Gasteiger partial charge in [-0.15, -0.1) is 11.3 Å². The van der Waals surface area contributed by atoms with E-state index in [1.54, 1.807) is 24.3 Å². The summed E-state index contributed by atoms with van der Waals surface area (Å²) >= 11 is 7.62. The van der Waals surface area contributed by atoms with Gasteiger partial charge in [0.05, 0.1) is 28.8 Å². The number of thiazole rings is 1. The Labute approximate surface area is 148 Å². The number of anilines is 1. The summed E-state index contributed by atoms with van der Waals surface area (Å²) in [4.78, 5) is 16.6. The van der Waals surface area contributed by atoms with E-state index in [9.17, 15) is 4.79 Å². The van der Waals surface area contributed by atoms with E-state index in [-0.39, 0.29) is 12.3 Å². The highest BCUT2D eigenvalue weighted by molar-refractivity contribution is 7.13. The highest BCUT2D eigenvalue weighted by Gasteiger charge is 2.11. The van der Waals surface area contributed by atoms with E-state index in [4.69, 9.17) is 16.9 Å². The van der Waals surface area contributed by atoms with Gasteiger partial charge in [0.1, 0.15) is 5.01 Å². The Morgan fingerprint density at radius 2 is 2.08 bits per heavy atom. The van der Waals surface area contributed by atoms with Crippen LogP contribution in [-0.4, -0.2) is 10.9 Å². The number of nitrogens with one attached hydrogen (secondary N) is 1. The van der Waals surface area contributed by atoms with Gasteiger partial charge in [0.2, 0.25) is 5.91 Å². The Morgan fingerprint density at radius 3 is 2.88 bits per heavy atom. The molecule has 0 atom stereocenters. The topological polar surface area (TPSA) is 65.8 Å². The first-order chi connectivity index (χ1) is 11.7. The monoisotopic (exact) mass is 353 g/mol. The number of hydrogen-bond donors (Lipinski definition) is 1. The number of carbonyl (C=O) groups excluding carboxylic acids is 1. The molecule has 0 spiro atoms. The van der Waals surface area contributed by atoms with Crippen LogP contribution in [0.25, 0.3) is 10.6 Å². The van der Waals surface area contributed by atoms with Crippen LogP contribution < -0.4 is 5.32 Å². The number of amides is 1. The molecular formula is C18H12ClN3OS. The summed E-state index contributed by atoms with van der Waals surface area (Å²) in [7, 11) is 0. The van der Waals surface area contributed by atoms with Crippen molar-refractivity contribution in [3.8, 4) is 16.6 Å². The highest BCUT2D eigenvalue weighted by Crippen LogP contribution is 2.30. The van der Waals surface area contributed by atoms with Crippen molar-refractivity contribution in [1.29, 1.82) is 5.26 Å². The second-order valence-corrected chi connectivity index (χ2v) is 6.31. The zero-order valence-electron chi connectivity index (χ0n) is 12.5. The summed E-state index contributed by atoms with van der Waals surface area (Å²) in [6, 6.07) is 16.3. The summed E-state index contributed by atoms with van der Waals surface area (Å²) < 4.78 is 0. The second kappa shape index (κ2) is 7.26. The quantitative estimate of drug-likeness (QED) is 0.750. The molecule has 3 rings (SSSR count). The number of hydrogen-bond acceptors (Lipinski definition) is 4. The number of benzene rings is 2. The average Bonchev–Trinajstić information content (AvgIpc) is 3.03. The third-order valence-corrected chi connectivity index (χ3v) is 4.53.